The Labute approximate surface area is 111 Å². The predicted molar refractivity (Wildman–Crippen MR) is 73.7 cm³/mol. The highest BCUT2D eigenvalue weighted by molar-refractivity contribution is 4.79. The van der Waals surface area contributed by atoms with Gasteiger partial charge in [0, 0.05) is 19.7 Å². The van der Waals surface area contributed by atoms with E-state index in [9.17, 15) is 0 Å². The summed E-state index contributed by atoms with van der Waals surface area (Å²) in [5.74, 6) is 1.83. The fourth-order valence-electron chi connectivity index (χ4n) is 3.30. The van der Waals surface area contributed by atoms with Gasteiger partial charge in [-0.1, -0.05) is 0 Å². The van der Waals surface area contributed by atoms with Crippen molar-refractivity contribution in [3.63, 3.8) is 0 Å². The van der Waals surface area contributed by atoms with Crippen molar-refractivity contribution in [3.8, 4) is 0 Å². The summed E-state index contributed by atoms with van der Waals surface area (Å²) in [7, 11) is 0. The third kappa shape index (κ3) is 3.94. The molecule has 0 aromatic heterocycles. The molecule has 0 amide bonds. The van der Waals surface area contributed by atoms with E-state index in [1.165, 1.54) is 71.2 Å². The van der Waals surface area contributed by atoms with Crippen molar-refractivity contribution in [1.29, 1.82) is 0 Å². The molecular weight excluding hydrogens is 224 g/mol. The van der Waals surface area contributed by atoms with E-state index >= 15 is 0 Å². The van der Waals surface area contributed by atoms with E-state index in [1.807, 2.05) is 0 Å². The molecule has 0 spiro atoms. The van der Waals surface area contributed by atoms with Crippen molar-refractivity contribution in [2.75, 3.05) is 39.3 Å². The molecule has 2 aliphatic heterocycles. The smallest absolute Gasteiger partial charge is 0.0702 e. The maximum absolute atomic E-state index is 6.07. The lowest BCUT2D eigenvalue weighted by atomic mass is 9.96. The minimum atomic E-state index is 0.529. The average Bonchev–Trinajstić information content (AvgIpc) is 3.22. The molecule has 3 fully saturated rings. The Balaban J connectivity index is 1.38. The lowest BCUT2D eigenvalue weighted by molar-refractivity contribution is -0.00973. The standard InChI is InChI=1S/C15H28N2O/c1-2-15(18-12-14-3-4-14)11-17(9-1)10-13-5-7-16-8-6-13/h13-16H,1-12H2. The molecule has 2 heterocycles. The van der Waals surface area contributed by atoms with Crippen LogP contribution in [0.5, 0.6) is 0 Å². The largest absolute Gasteiger partial charge is 0.377 e. The fraction of sp³-hybridized carbons (Fsp3) is 1.00. The van der Waals surface area contributed by atoms with E-state index in [0.717, 1.165) is 18.4 Å². The number of nitrogens with one attached hydrogen (secondary N) is 1. The van der Waals surface area contributed by atoms with Crippen LogP contribution in [-0.2, 0) is 4.74 Å². The van der Waals surface area contributed by atoms with Crippen LogP contribution in [0.25, 0.3) is 0 Å². The zero-order valence-corrected chi connectivity index (χ0v) is 11.6. The molecule has 0 bridgehead atoms. The van der Waals surface area contributed by atoms with E-state index in [-0.39, 0.29) is 0 Å². The van der Waals surface area contributed by atoms with Crippen molar-refractivity contribution in [3.05, 3.63) is 0 Å². The normalized spacial score (nSPS) is 31.7. The van der Waals surface area contributed by atoms with Gasteiger partial charge in [-0.2, -0.15) is 0 Å². The Hall–Kier alpha value is -0.120. The predicted octanol–water partition coefficient (Wildman–Crippen LogP) is 1.88. The Morgan fingerprint density at radius 3 is 2.61 bits per heavy atom. The molecule has 1 aliphatic carbocycles. The van der Waals surface area contributed by atoms with Gasteiger partial charge in [0.15, 0.2) is 0 Å². The minimum Gasteiger partial charge on any atom is -0.377 e. The van der Waals surface area contributed by atoms with Gasteiger partial charge in [0.1, 0.15) is 0 Å². The van der Waals surface area contributed by atoms with E-state index in [0.29, 0.717) is 6.10 Å². The zero-order chi connectivity index (χ0) is 12.2. The molecule has 0 radical (unpaired) electrons. The molecule has 0 aromatic rings. The van der Waals surface area contributed by atoms with Gasteiger partial charge in [-0.15, -0.1) is 0 Å². The molecule has 1 atom stereocenters. The number of piperidine rings is 2. The van der Waals surface area contributed by atoms with Crippen LogP contribution in [0.3, 0.4) is 0 Å². The van der Waals surface area contributed by atoms with E-state index in [4.69, 9.17) is 4.74 Å². The molecular formula is C15H28N2O. The van der Waals surface area contributed by atoms with Gasteiger partial charge in [-0.3, -0.25) is 0 Å². The van der Waals surface area contributed by atoms with Crippen molar-refractivity contribution >= 4 is 0 Å². The summed E-state index contributed by atoms with van der Waals surface area (Å²) in [6, 6.07) is 0. The van der Waals surface area contributed by atoms with Crippen LogP contribution < -0.4 is 5.32 Å². The molecule has 0 aromatic carbocycles. The highest BCUT2D eigenvalue weighted by Gasteiger charge is 2.27. The summed E-state index contributed by atoms with van der Waals surface area (Å²) in [6.07, 6.45) is 8.70. The van der Waals surface area contributed by atoms with E-state index < -0.39 is 0 Å². The number of rotatable bonds is 5. The molecule has 104 valence electrons. The molecule has 3 rings (SSSR count). The first-order chi connectivity index (χ1) is 8.90. The van der Waals surface area contributed by atoms with Gasteiger partial charge < -0.3 is 15.0 Å². The van der Waals surface area contributed by atoms with Crippen LogP contribution in [0.2, 0.25) is 0 Å². The number of hydrogen-bond acceptors (Lipinski definition) is 3. The van der Waals surface area contributed by atoms with Gasteiger partial charge in [0.05, 0.1) is 6.10 Å². The maximum atomic E-state index is 6.07. The second-order valence-corrected chi connectivity index (χ2v) is 6.49. The van der Waals surface area contributed by atoms with Crippen molar-refractivity contribution in [2.45, 2.75) is 44.6 Å². The first-order valence-corrected chi connectivity index (χ1v) is 7.95. The molecule has 3 heteroatoms. The van der Waals surface area contributed by atoms with Crippen LogP contribution in [0, 0.1) is 11.8 Å². The summed E-state index contributed by atoms with van der Waals surface area (Å²) < 4.78 is 6.07. The van der Waals surface area contributed by atoms with Crippen LogP contribution >= 0.6 is 0 Å². The lowest BCUT2D eigenvalue weighted by Gasteiger charge is -2.36. The Kier molecular flexibility index (Phi) is 4.55. The van der Waals surface area contributed by atoms with Crippen LogP contribution in [0.4, 0.5) is 0 Å². The Morgan fingerprint density at radius 2 is 1.83 bits per heavy atom. The number of likely N-dealkylation sites (tertiary alicyclic amines) is 1. The lowest BCUT2D eigenvalue weighted by Crippen LogP contribution is -2.43. The summed E-state index contributed by atoms with van der Waals surface area (Å²) in [4.78, 5) is 2.66. The van der Waals surface area contributed by atoms with Crippen molar-refractivity contribution < 1.29 is 4.74 Å². The van der Waals surface area contributed by atoms with Crippen LogP contribution in [-0.4, -0.2) is 50.3 Å². The monoisotopic (exact) mass is 252 g/mol. The maximum Gasteiger partial charge on any atom is 0.0702 e. The van der Waals surface area contributed by atoms with Gasteiger partial charge in [-0.05, 0) is 70.0 Å². The first kappa shape index (κ1) is 12.9. The summed E-state index contributed by atoms with van der Waals surface area (Å²) in [5, 5.41) is 3.46. The molecule has 18 heavy (non-hydrogen) atoms. The van der Waals surface area contributed by atoms with Gasteiger partial charge in [-0.25, -0.2) is 0 Å². The Morgan fingerprint density at radius 1 is 1.00 bits per heavy atom. The number of hydrogen-bond donors (Lipinski definition) is 1. The quantitative estimate of drug-likeness (QED) is 0.808. The third-order valence-electron chi connectivity index (χ3n) is 4.70. The van der Waals surface area contributed by atoms with Crippen molar-refractivity contribution in [1.82, 2.24) is 10.2 Å². The highest BCUT2D eigenvalue weighted by Crippen LogP contribution is 2.30. The zero-order valence-electron chi connectivity index (χ0n) is 11.6. The van der Waals surface area contributed by atoms with E-state index in [1.54, 1.807) is 0 Å². The number of nitrogens with zero attached hydrogens (tertiary/aromatic N) is 1. The Bertz CT molecular complexity index is 249. The fourth-order valence-corrected chi connectivity index (χ4v) is 3.30. The summed E-state index contributed by atoms with van der Waals surface area (Å²) in [6.45, 7) is 7.28. The van der Waals surface area contributed by atoms with Crippen LogP contribution in [0.15, 0.2) is 0 Å². The highest BCUT2D eigenvalue weighted by atomic mass is 16.5. The molecule has 3 aliphatic rings. The molecule has 2 saturated heterocycles. The second-order valence-electron chi connectivity index (χ2n) is 6.49. The summed E-state index contributed by atoms with van der Waals surface area (Å²) >= 11 is 0. The van der Waals surface area contributed by atoms with Crippen molar-refractivity contribution in [2.24, 2.45) is 11.8 Å². The number of ether oxygens (including phenoxy) is 1. The topological polar surface area (TPSA) is 24.5 Å². The summed E-state index contributed by atoms with van der Waals surface area (Å²) in [5.41, 5.74) is 0. The third-order valence-corrected chi connectivity index (χ3v) is 4.70. The van der Waals surface area contributed by atoms with E-state index in [2.05, 4.69) is 10.2 Å². The minimum absolute atomic E-state index is 0.529. The second kappa shape index (κ2) is 6.36. The molecule has 3 nitrogen and oxygen atoms in total. The molecule has 1 saturated carbocycles. The average molecular weight is 252 g/mol. The first-order valence-electron chi connectivity index (χ1n) is 7.95. The van der Waals surface area contributed by atoms with Gasteiger partial charge >= 0.3 is 0 Å². The van der Waals surface area contributed by atoms with Crippen LogP contribution in [0.1, 0.15) is 38.5 Å². The molecule has 1 unspecified atom stereocenters. The SMILES string of the molecule is C1CC(OCC2CC2)CN(CC2CCNCC2)C1. The molecule has 1 N–H and O–H groups in total. The van der Waals surface area contributed by atoms with Gasteiger partial charge in [0.25, 0.3) is 0 Å². The van der Waals surface area contributed by atoms with Gasteiger partial charge in [0.2, 0.25) is 0 Å².